The molecule has 1 aromatic rings. The fourth-order valence-corrected chi connectivity index (χ4v) is 3.22. The summed E-state index contributed by atoms with van der Waals surface area (Å²) in [6, 6.07) is 4.21. The third-order valence-corrected chi connectivity index (χ3v) is 4.55. The molecule has 0 amide bonds. The molecule has 0 spiro atoms. The van der Waals surface area contributed by atoms with Crippen LogP contribution in [0, 0.1) is 5.92 Å². The summed E-state index contributed by atoms with van der Waals surface area (Å²) in [5.74, 6) is 0.619. The Bertz CT molecular complexity index is 510. The van der Waals surface area contributed by atoms with E-state index in [0.717, 1.165) is 6.42 Å². The summed E-state index contributed by atoms with van der Waals surface area (Å²) in [4.78, 5) is 1.29. The Hall–Kier alpha value is -1.34. The van der Waals surface area contributed by atoms with Crippen molar-refractivity contribution in [1.82, 2.24) is 0 Å². The topological polar surface area (TPSA) is 0 Å². The average molecular weight is 315 g/mol. The Morgan fingerprint density at radius 3 is 2.64 bits per heavy atom. The number of hydrogen-bond donors (Lipinski definition) is 0. The van der Waals surface area contributed by atoms with Crippen LogP contribution in [0.15, 0.2) is 59.5 Å². The number of thiophene rings is 1. The van der Waals surface area contributed by atoms with Gasteiger partial charge in [0.1, 0.15) is 0 Å². The van der Waals surface area contributed by atoms with Crippen LogP contribution in [0.25, 0.3) is 6.08 Å². The normalized spacial score (nSPS) is 12.3. The molecule has 1 heteroatoms. The van der Waals surface area contributed by atoms with Crippen LogP contribution in [-0.4, -0.2) is 0 Å². The first kappa shape index (κ1) is 18.7. The molecule has 1 aromatic heterocycles. The SMILES string of the molecule is C=C(/C=C/c1cccs1)CCCC(CCC)C(=C)C=C(C)C. The Balaban J connectivity index is 2.40. The largest absolute Gasteiger partial charge is 0.144 e. The third-order valence-electron chi connectivity index (χ3n) is 3.71. The van der Waals surface area contributed by atoms with Gasteiger partial charge < -0.3 is 0 Å². The molecule has 0 nitrogen and oxygen atoms in total. The Morgan fingerprint density at radius 1 is 1.27 bits per heavy atom. The quantitative estimate of drug-likeness (QED) is 0.394. The van der Waals surface area contributed by atoms with E-state index in [4.69, 9.17) is 0 Å². The monoisotopic (exact) mass is 314 g/mol. The van der Waals surface area contributed by atoms with Crippen LogP contribution in [0.1, 0.15) is 57.8 Å². The summed E-state index contributed by atoms with van der Waals surface area (Å²) >= 11 is 1.76. The maximum Gasteiger partial charge on any atom is 0.0270 e. The van der Waals surface area contributed by atoms with Gasteiger partial charge in [-0.2, -0.15) is 0 Å². The van der Waals surface area contributed by atoms with Gasteiger partial charge in [-0.3, -0.25) is 0 Å². The Kier molecular flexibility index (Phi) is 8.84. The minimum absolute atomic E-state index is 0.619. The van der Waals surface area contributed by atoms with E-state index in [2.05, 4.69) is 69.7 Å². The molecule has 120 valence electrons. The summed E-state index contributed by atoms with van der Waals surface area (Å²) < 4.78 is 0. The molecule has 1 unspecified atom stereocenters. The van der Waals surface area contributed by atoms with Crippen molar-refractivity contribution >= 4 is 17.4 Å². The molecule has 22 heavy (non-hydrogen) atoms. The lowest BCUT2D eigenvalue weighted by Gasteiger charge is -2.17. The molecule has 1 heterocycles. The van der Waals surface area contributed by atoms with Crippen LogP contribution >= 0.6 is 11.3 Å². The van der Waals surface area contributed by atoms with Gasteiger partial charge in [0.2, 0.25) is 0 Å². The number of allylic oxidation sites excluding steroid dienone is 5. The molecule has 1 rings (SSSR count). The van der Waals surface area contributed by atoms with Gasteiger partial charge in [0, 0.05) is 4.88 Å². The van der Waals surface area contributed by atoms with Crippen molar-refractivity contribution in [3.63, 3.8) is 0 Å². The lowest BCUT2D eigenvalue weighted by molar-refractivity contribution is 0.501. The molecule has 0 saturated heterocycles. The van der Waals surface area contributed by atoms with E-state index in [9.17, 15) is 0 Å². The minimum Gasteiger partial charge on any atom is -0.144 e. The molecule has 0 bridgehead atoms. The molecule has 0 aliphatic rings. The van der Waals surface area contributed by atoms with Crippen LogP contribution in [0.3, 0.4) is 0 Å². The van der Waals surface area contributed by atoms with E-state index < -0.39 is 0 Å². The van der Waals surface area contributed by atoms with E-state index in [1.807, 2.05) is 0 Å². The summed E-state index contributed by atoms with van der Waals surface area (Å²) in [5, 5.41) is 2.10. The maximum atomic E-state index is 4.27. The van der Waals surface area contributed by atoms with Gasteiger partial charge in [-0.1, -0.05) is 61.4 Å². The molecular weight excluding hydrogens is 284 g/mol. The van der Waals surface area contributed by atoms with E-state index in [1.54, 1.807) is 11.3 Å². The van der Waals surface area contributed by atoms with Gasteiger partial charge in [0.15, 0.2) is 0 Å². The van der Waals surface area contributed by atoms with Crippen molar-refractivity contribution in [2.45, 2.75) is 52.9 Å². The first-order valence-corrected chi connectivity index (χ1v) is 9.14. The number of rotatable bonds is 10. The van der Waals surface area contributed by atoms with Crippen molar-refractivity contribution in [2.75, 3.05) is 0 Å². The van der Waals surface area contributed by atoms with Crippen LogP contribution in [0.4, 0.5) is 0 Å². The van der Waals surface area contributed by atoms with Gasteiger partial charge in [0.25, 0.3) is 0 Å². The molecular formula is C21H30S. The first-order chi connectivity index (χ1) is 10.5. The van der Waals surface area contributed by atoms with E-state index >= 15 is 0 Å². The lowest BCUT2D eigenvalue weighted by atomic mass is 9.88. The third kappa shape index (κ3) is 7.61. The van der Waals surface area contributed by atoms with E-state index in [1.165, 1.54) is 47.3 Å². The summed E-state index contributed by atoms with van der Waals surface area (Å²) in [7, 11) is 0. The highest BCUT2D eigenvalue weighted by atomic mass is 32.1. The summed E-state index contributed by atoms with van der Waals surface area (Å²) in [6.45, 7) is 15.0. The second-order valence-corrected chi connectivity index (χ2v) is 7.16. The van der Waals surface area contributed by atoms with Crippen LogP contribution in [0.2, 0.25) is 0 Å². The molecule has 0 saturated carbocycles. The Morgan fingerprint density at radius 2 is 2.05 bits per heavy atom. The standard InChI is InChI=1S/C21H30S/c1-6-9-20(19(5)16-17(2)3)11-7-10-18(4)13-14-21-12-8-15-22-21/h8,12-16,20H,4-7,9-11H2,1-3H3/b14-13+. The second-order valence-electron chi connectivity index (χ2n) is 6.18. The smallest absolute Gasteiger partial charge is 0.0270 e. The van der Waals surface area contributed by atoms with E-state index in [0.29, 0.717) is 5.92 Å². The molecule has 0 N–H and O–H groups in total. The second kappa shape index (κ2) is 10.4. The predicted molar refractivity (Wildman–Crippen MR) is 103 cm³/mol. The molecule has 0 aliphatic carbocycles. The van der Waals surface area contributed by atoms with Gasteiger partial charge in [-0.15, -0.1) is 11.3 Å². The van der Waals surface area contributed by atoms with Gasteiger partial charge in [0.05, 0.1) is 0 Å². The lowest BCUT2D eigenvalue weighted by Crippen LogP contribution is -2.02. The molecule has 0 aromatic carbocycles. The Labute approximate surface area is 141 Å². The minimum atomic E-state index is 0.619. The summed E-state index contributed by atoms with van der Waals surface area (Å²) in [6.07, 6.45) is 12.5. The highest BCUT2D eigenvalue weighted by Crippen LogP contribution is 2.25. The average Bonchev–Trinajstić information content (AvgIpc) is 2.96. The fraction of sp³-hybridized carbons (Fsp3) is 0.429. The molecule has 1 atom stereocenters. The van der Waals surface area contributed by atoms with Gasteiger partial charge >= 0.3 is 0 Å². The van der Waals surface area contributed by atoms with Gasteiger partial charge in [-0.25, -0.2) is 0 Å². The first-order valence-electron chi connectivity index (χ1n) is 8.26. The van der Waals surface area contributed by atoms with Crippen molar-refractivity contribution in [3.8, 4) is 0 Å². The fourth-order valence-electron chi connectivity index (χ4n) is 2.60. The van der Waals surface area contributed by atoms with Crippen LogP contribution in [-0.2, 0) is 0 Å². The zero-order valence-electron chi connectivity index (χ0n) is 14.4. The summed E-state index contributed by atoms with van der Waals surface area (Å²) in [5.41, 5.74) is 3.85. The highest BCUT2D eigenvalue weighted by Gasteiger charge is 2.10. The maximum absolute atomic E-state index is 4.27. The van der Waals surface area contributed by atoms with Crippen molar-refractivity contribution < 1.29 is 0 Å². The number of hydrogen-bond acceptors (Lipinski definition) is 1. The molecule has 0 radical (unpaired) electrons. The highest BCUT2D eigenvalue weighted by molar-refractivity contribution is 7.10. The van der Waals surface area contributed by atoms with Crippen molar-refractivity contribution in [3.05, 3.63) is 64.4 Å². The van der Waals surface area contributed by atoms with Crippen molar-refractivity contribution in [2.24, 2.45) is 5.92 Å². The van der Waals surface area contributed by atoms with Gasteiger partial charge in [-0.05, 0) is 63.0 Å². The predicted octanol–water partition coefficient (Wildman–Crippen LogP) is 7.43. The molecule has 0 fully saturated rings. The van der Waals surface area contributed by atoms with Crippen LogP contribution in [0.5, 0.6) is 0 Å². The zero-order valence-corrected chi connectivity index (χ0v) is 15.2. The zero-order chi connectivity index (χ0) is 16.4. The van der Waals surface area contributed by atoms with Crippen LogP contribution < -0.4 is 0 Å². The molecule has 0 aliphatic heterocycles. The van der Waals surface area contributed by atoms with Crippen molar-refractivity contribution in [1.29, 1.82) is 0 Å². The van der Waals surface area contributed by atoms with E-state index in [-0.39, 0.29) is 0 Å².